The van der Waals surface area contributed by atoms with Gasteiger partial charge in [0.15, 0.2) is 17.2 Å². The predicted octanol–water partition coefficient (Wildman–Crippen LogP) is 3.23. The fraction of sp³-hybridized carbons (Fsp3) is 0.714. The zero-order valence-corrected chi connectivity index (χ0v) is 21.5. The molecule has 36 heavy (non-hydrogen) atoms. The van der Waals surface area contributed by atoms with Crippen molar-refractivity contribution in [2.75, 3.05) is 6.61 Å². The Hall–Kier alpha value is -1.87. The lowest BCUT2D eigenvalue weighted by atomic mass is 9.45. The Kier molecular flexibility index (Phi) is 5.16. The Balaban J connectivity index is 1.42. The van der Waals surface area contributed by atoms with Crippen LogP contribution in [-0.2, 0) is 27.2 Å². The molecular weight excluding hydrogens is 463 g/mol. The highest BCUT2D eigenvalue weighted by Gasteiger charge is 2.77. The molecule has 0 radical (unpaired) electrons. The molecule has 1 aromatic heterocycles. The number of fused-ring (bicyclic) bond motifs is 8. The van der Waals surface area contributed by atoms with Gasteiger partial charge in [0.25, 0.3) is 0 Å². The minimum atomic E-state index is -1.35. The second-order valence-corrected chi connectivity index (χ2v) is 12.6. The first-order valence-corrected chi connectivity index (χ1v) is 13.1. The number of halogens is 1. The van der Waals surface area contributed by atoms with Crippen molar-refractivity contribution >= 4 is 11.9 Å². The molecule has 9 atom stereocenters. The minimum Gasteiger partial charge on any atom is -0.393 e. The maximum Gasteiger partial charge on any atom is 0.193 e. The Bertz CT molecular complexity index is 1160. The van der Waals surface area contributed by atoms with Gasteiger partial charge in [-0.1, -0.05) is 19.9 Å². The Morgan fingerprint density at radius 2 is 2.08 bits per heavy atom. The molecule has 0 amide bonds. The first-order chi connectivity index (χ1) is 16.9. The summed E-state index contributed by atoms with van der Waals surface area (Å²) in [6.45, 7) is 11.3. The summed E-state index contributed by atoms with van der Waals surface area (Å²) in [5, 5.41) is 26.4. The lowest BCUT2D eigenvalue weighted by Crippen LogP contribution is -2.65. The second kappa shape index (κ2) is 7.59. The van der Waals surface area contributed by atoms with Gasteiger partial charge in [-0.15, -0.1) is 6.58 Å². The van der Waals surface area contributed by atoms with Crippen LogP contribution >= 0.6 is 0 Å². The van der Waals surface area contributed by atoms with Crippen molar-refractivity contribution in [3.8, 4) is 0 Å². The number of Topliss-reactive ketones (excluding diaryl/α,β-unsaturated/α-hetero) is 1. The van der Waals surface area contributed by atoms with Crippen LogP contribution in [0.3, 0.4) is 0 Å². The van der Waals surface area contributed by atoms with Gasteiger partial charge in [0.1, 0.15) is 12.8 Å². The highest BCUT2D eigenvalue weighted by molar-refractivity contribution is 5.91. The van der Waals surface area contributed by atoms with Crippen molar-refractivity contribution < 1.29 is 28.9 Å². The van der Waals surface area contributed by atoms with Crippen LogP contribution in [0.15, 0.2) is 24.4 Å². The lowest BCUT2D eigenvalue weighted by molar-refractivity contribution is -0.228. The molecule has 0 aromatic carbocycles. The molecule has 0 unspecified atom stereocenters. The number of nitrogens with zero attached hydrogens (tertiary/aromatic N) is 2. The first kappa shape index (κ1) is 24.5. The Morgan fingerprint density at radius 3 is 2.78 bits per heavy atom. The molecule has 2 N–H and O–H groups in total. The zero-order chi connectivity index (χ0) is 25.8. The summed E-state index contributed by atoms with van der Waals surface area (Å²) >= 11 is 0. The maximum absolute atomic E-state index is 16.1. The summed E-state index contributed by atoms with van der Waals surface area (Å²) < 4.78 is 30.5. The van der Waals surface area contributed by atoms with Gasteiger partial charge >= 0.3 is 0 Å². The molecule has 0 bridgehead atoms. The first-order valence-electron chi connectivity index (χ1n) is 13.1. The molecule has 2 heterocycles. The van der Waals surface area contributed by atoms with Gasteiger partial charge in [-0.2, -0.15) is 5.10 Å². The third-order valence-corrected chi connectivity index (χ3v) is 10.3. The maximum atomic E-state index is 16.1. The van der Waals surface area contributed by atoms with E-state index in [1.165, 1.54) is 0 Å². The van der Waals surface area contributed by atoms with Crippen LogP contribution in [0, 0.1) is 28.6 Å². The highest BCUT2D eigenvalue weighted by Crippen LogP contribution is 2.70. The van der Waals surface area contributed by atoms with Gasteiger partial charge in [0.05, 0.1) is 24.4 Å². The van der Waals surface area contributed by atoms with E-state index < -0.39 is 53.0 Å². The summed E-state index contributed by atoms with van der Waals surface area (Å²) in [4.78, 5) is 13.3. The van der Waals surface area contributed by atoms with Crippen LogP contribution in [0.25, 0.3) is 6.08 Å². The highest BCUT2D eigenvalue weighted by atomic mass is 19.1. The Labute approximate surface area is 211 Å². The van der Waals surface area contributed by atoms with Crippen molar-refractivity contribution in [1.82, 2.24) is 9.78 Å². The van der Waals surface area contributed by atoms with E-state index in [0.29, 0.717) is 25.8 Å². The van der Waals surface area contributed by atoms with E-state index in [9.17, 15) is 15.0 Å². The van der Waals surface area contributed by atoms with Crippen molar-refractivity contribution in [2.24, 2.45) is 28.6 Å². The second-order valence-electron chi connectivity index (χ2n) is 12.6. The number of carbonyl (C=O) groups excluding carboxylic acids is 1. The summed E-state index contributed by atoms with van der Waals surface area (Å²) in [5.41, 5.74) is -0.123. The van der Waals surface area contributed by atoms with Gasteiger partial charge in [-0.05, 0) is 74.5 Å². The Morgan fingerprint density at radius 1 is 1.33 bits per heavy atom. The number of hydrogen-bond acceptors (Lipinski definition) is 6. The number of alkyl halides is 1. The van der Waals surface area contributed by atoms with E-state index in [4.69, 9.17) is 9.47 Å². The third-order valence-electron chi connectivity index (χ3n) is 10.3. The van der Waals surface area contributed by atoms with Crippen LogP contribution in [-0.4, -0.2) is 62.2 Å². The van der Waals surface area contributed by atoms with E-state index in [2.05, 4.69) is 18.6 Å². The summed E-state index contributed by atoms with van der Waals surface area (Å²) in [6.07, 6.45) is 5.01. The molecular formula is C28H37FN2O5. The largest absolute Gasteiger partial charge is 0.393 e. The number of hydrogen-bond donors (Lipinski definition) is 2. The summed E-state index contributed by atoms with van der Waals surface area (Å²) in [5.74, 6) is -1.79. The molecule has 5 aliphatic rings. The minimum absolute atomic E-state index is 0.0796. The van der Waals surface area contributed by atoms with Crippen LogP contribution in [0.1, 0.15) is 58.2 Å². The van der Waals surface area contributed by atoms with E-state index in [1.54, 1.807) is 19.9 Å². The number of allylic oxidation sites excluding steroid dienone is 2. The average Bonchev–Trinajstić information content (AvgIpc) is 3.37. The standard InChI is InChI=1S/C28H37FN2O5/c1-6-7-31-13-15-11-26(4)18(9-20(15)30-31)19(29)8-16-17-10-23-28(22(34)14-32,36-25(2,3)35-23)27(17,5)12-21(33)24(16)26/h6,9,13,16-17,19,21,23-24,32-33H,1,7-8,10-12,14H2,2-5H3/t16-,17-,19-,21-,23+,24+,26-,27-,28+/m0/s1. The number of aromatic nitrogens is 2. The van der Waals surface area contributed by atoms with E-state index in [1.807, 2.05) is 23.9 Å². The van der Waals surface area contributed by atoms with Crippen LogP contribution in [0.4, 0.5) is 4.39 Å². The lowest BCUT2D eigenvalue weighted by Gasteiger charge is -2.61. The molecule has 4 aliphatic carbocycles. The molecule has 3 saturated carbocycles. The molecule has 1 saturated heterocycles. The predicted molar refractivity (Wildman–Crippen MR) is 130 cm³/mol. The number of carbonyl (C=O) groups is 1. The van der Waals surface area contributed by atoms with Crippen LogP contribution in [0.5, 0.6) is 0 Å². The van der Waals surface area contributed by atoms with E-state index >= 15 is 4.39 Å². The number of ketones is 1. The van der Waals surface area contributed by atoms with Gasteiger partial charge in [0, 0.05) is 17.0 Å². The van der Waals surface area contributed by atoms with Gasteiger partial charge in [-0.3, -0.25) is 9.48 Å². The topological polar surface area (TPSA) is 93.8 Å². The number of ether oxygens (including phenoxy) is 2. The fourth-order valence-corrected chi connectivity index (χ4v) is 9.19. The van der Waals surface area contributed by atoms with Crippen molar-refractivity contribution in [1.29, 1.82) is 0 Å². The van der Waals surface area contributed by atoms with E-state index in [-0.39, 0.29) is 24.2 Å². The number of aliphatic hydroxyl groups excluding tert-OH is 2. The monoisotopic (exact) mass is 500 g/mol. The number of rotatable bonds is 4. The smallest absolute Gasteiger partial charge is 0.193 e. The normalized spacial score (nSPS) is 46.1. The third kappa shape index (κ3) is 2.93. The van der Waals surface area contributed by atoms with Gasteiger partial charge < -0.3 is 19.7 Å². The average molecular weight is 501 g/mol. The van der Waals surface area contributed by atoms with Crippen molar-refractivity contribution in [2.45, 2.75) is 89.7 Å². The fourth-order valence-electron chi connectivity index (χ4n) is 9.19. The zero-order valence-electron chi connectivity index (χ0n) is 21.5. The van der Waals surface area contributed by atoms with E-state index in [0.717, 1.165) is 16.8 Å². The van der Waals surface area contributed by atoms with Gasteiger partial charge in [-0.25, -0.2) is 4.39 Å². The van der Waals surface area contributed by atoms with Gasteiger partial charge in [0.2, 0.25) is 0 Å². The molecule has 1 aromatic rings. The molecule has 196 valence electrons. The summed E-state index contributed by atoms with van der Waals surface area (Å²) in [7, 11) is 0. The molecule has 6 rings (SSSR count). The molecule has 4 fully saturated rings. The molecule has 7 nitrogen and oxygen atoms in total. The molecule has 1 aliphatic heterocycles. The molecule has 8 heteroatoms. The van der Waals surface area contributed by atoms with Crippen molar-refractivity contribution in [3.63, 3.8) is 0 Å². The SMILES string of the molecule is C=CCn1cc2c(n1)C=C1[C@@H](F)C[C@@H]3[C@H]([C@@H](O)C[C@@]4(C)[C@H]3C[C@H]3OC(C)(C)O[C@]34C(=O)CO)[C@@]1(C)C2. The summed E-state index contributed by atoms with van der Waals surface area (Å²) in [6, 6.07) is 0. The van der Waals surface area contributed by atoms with Crippen LogP contribution in [0.2, 0.25) is 0 Å². The van der Waals surface area contributed by atoms with Crippen LogP contribution < -0.4 is 0 Å². The van der Waals surface area contributed by atoms with Crippen molar-refractivity contribution in [3.05, 3.63) is 35.7 Å². The quantitative estimate of drug-likeness (QED) is 0.617. The molecule has 0 spiro atoms. The number of aliphatic hydroxyl groups is 2.